The molecule has 5 aromatic rings. The van der Waals surface area contributed by atoms with E-state index in [-0.39, 0.29) is 12.5 Å². The number of carbonyl (C=O) groups excluding carboxylic acids is 2. The first-order valence-corrected chi connectivity index (χ1v) is 16.3. The number of rotatable bonds is 13. The van der Waals surface area contributed by atoms with Gasteiger partial charge in [0.25, 0.3) is 0 Å². The van der Waals surface area contributed by atoms with E-state index in [4.69, 9.17) is 28.4 Å². The number of ether oxygens (including phenoxy) is 6. The summed E-state index contributed by atoms with van der Waals surface area (Å²) >= 11 is 0. The highest BCUT2D eigenvalue weighted by molar-refractivity contribution is 5.91. The van der Waals surface area contributed by atoms with Crippen molar-refractivity contribution in [2.24, 2.45) is 5.92 Å². The molecule has 0 saturated carbocycles. The van der Waals surface area contributed by atoms with Crippen LogP contribution in [0.4, 0.5) is 0 Å². The van der Waals surface area contributed by atoms with E-state index < -0.39 is 36.5 Å². The Bertz CT molecular complexity index is 1750. The third-order valence-corrected chi connectivity index (χ3v) is 8.21. The van der Waals surface area contributed by atoms with Crippen LogP contribution in [0.15, 0.2) is 146 Å². The molecule has 1 aliphatic heterocycles. The third-order valence-electron chi connectivity index (χ3n) is 8.21. The second kappa shape index (κ2) is 16.7. The summed E-state index contributed by atoms with van der Waals surface area (Å²) in [7, 11) is 0. The van der Waals surface area contributed by atoms with Crippen molar-refractivity contribution in [2.45, 2.75) is 44.7 Å². The molecule has 1 aliphatic rings. The van der Waals surface area contributed by atoms with Gasteiger partial charge in [-0.05, 0) is 59.7 Å². The van der Waals surface area contributed by atoms with Gasteiger partial charge in [-0.1, -0.05) is 104 Å². The van der Waals surface area contributed by atoms with E-state index in [1.165, 1.54) is 0 Å². The molecule has 49 heavy (non-hydrogen) atoms. The predicted molar refractivity (Wildman–Crippen MR) is 183 cm³/mol. The molecule has 5 aromatic carbocycles. The van der Waals surface area contributed by atoms with Gasteiger partial charge in [0.1, 0.15) is 17.6 Å². The highest BCUT2D eigenvalue weighted by Gasteiger charge is 2.48. The van der Waals surface area contributed by atoms with E-state index in [1.54, 1.807) is 72.8 Å². The van der Waals surface area contributed by atoms with Crippen LogP contribution in [0.1, 0.15) is 38.8 Å². The summed E-state index contributed by atoms with van der Waals surface area (Å²) in [5.74, 6) is -0.533. The summed E-state index contributed by atoms with van der Waals surface area (Å²) in [6, 6.07) is 43.9. The van der Waals surface area contributed by atoms with Crippen LogP contribution in [0.25, 0.3) is 0 Å². The molecule has 0 aliphatic carbocycles. The van der Waals surface area contributed by atoms with Crippen molar-refractivity contribution in [2.75, 3.05) is 6.61 Å². The predicted octanol–water partition coefficient (Wildman–Crippen LogP) is 7.67. The third kappa shape index (κ3) is 9.21. The zero-order valence-electron chi connectivity index (χ0n) is 27.1. The molecule has 0 bridgehead atoms. The fourth-order valence-corrected chi connectivity index (χ4v) is 5.61. The molecule has 0 unspecified atom stereocenters. The Labute approximate surface area is 286 Å². The summed E-state index contributed by atoms with van der Waals surface area (Å²) in [5.41, 5.74) is 2.89. The fourth-order valence-electron chi connectivity index (χ4n) is 5.61. The Morgan fingerprint density at radius 1 is 0.592 bits per heavy atom. The van der Waals surface area contributed by atoms with Gasteiger partial charge < -0.3 is 28.4 Å². The molecule has 8 heteroatoms. The molecule has 5 atom stereocenters. The lowest BCUT2D eigenvalue weighted by molar-refractivity contribution is -0.273. The minimum Gasteiger partial charge on any atom is -0.461 e. The first-order chi connectivity index (χ1) is 24.0. The van der Waals surface area contributed by atoms with Crippen LogP contribution in [-0.4, -0.2) is 43.1 Å². The molecule has 1 fully saturated rings. The quantitative estimate of drug-likeness (QED) is 0.0941. The Hall–Kier alpha value is -5.28. The Kier molecular flexibility index (Phi) is 11.5. The van der Waals surface area contributed by atoms with Gasteiger partial charge in [-0.3, -0.25) is 0 Å². The van der Waals surface area contributed by atoms with Gasteiger partial charge in [-0.25, -0.2) is 9.59 Å². The van der Waals surface area contributed by atoms with Crippen LogP contribution >= 0.6 is 0 Å². The molecule has 8 nitrogen and oxygen atoms in total. The molecular weight excluding hydrogens is 620 g/mol. The fraction of sp³-hybridized carbons (Fsp3) is 0.220. The molecule has 0 aromatic heterocycles. The van der Waals surface area contributed by atoms with Gasteiger partial charge in [0.05, 0.1) is 37.1 Å². The molecule has 0 N–H and O–H groups in total. The minimum absolute atomic E-state index is 0.215. The summed E-state index contributed by atoms with van der Waals surface area (Å²) in [4.78, 5) is 25.9. The van der Waals surface area contributed by atoms with Gasteiger partial charge in [0, 0.05) is 5.92 Å². The van der Waals surface area contributed by atoms with Crippen LogP contribution in [0.2, 0.25) is 0 Å². The van der Waals surface area contributed by atoms with Crippen molar-refractivity contribution in [1.29, 1.82) is 0 Å². The summed E-state index contributed by atoms with van der Waals surface area (Å²) in [6.07, 6.45) is -2.88. The zero-order valence-corrected chi connectivity index (χ0v) is 27.1. The maximum absolute atomic E-state index is 13.4. The van der Waals surface area contributed by atoms with Crippen molar-refractivity contribution >= 4 is 11.9 Å². The molecule has 0 amide bonds. The second-order valence-corrected chi connectivity index (χ2v) is 11.7. The number of benzene rings is 5. The van der Waals surface area contributed by atoms with Crippen LogP contribution < -0.4 is 9.47 Å². The summed E-state index contributed by atoms with van der Waals surface area (Å²) in [5, 5.41) is 0. The Morgan fingerprint density at radius 3 is 1.69 bits per heavy atom. The highest BCUT2D eigenvalue weighted by Crippen LogP contribution is 2.34. The first-order valence-electron chi connectivity index (χ1n) is 16.3. The molecule has 6 rings (SSSR count). The monoisotopic (exact) mass is 658 g/mol. The van der Waals surface area contributed by atoms with E-state index in [9.17, 15) is 9.59 Å². The topological polar surface area (TPSA) is 89.5 Å². The minimum atomic E-state index is -0.998. The van der Waals surface area contributed by atoms with Gasteiger partial charge in [0.2, 0.25) is 6.29 Å². The smallest absolute Gasteiger partial charge is 0.343 e. The van der Waals surface area contributed by atoms with Crippen LogP contribution in [0.5, 0.6) is 11.5 Å². The maximum Gasteiger partial charge on any atom is 0.343 e. The van der Waals surface area contributed by atoms with Crippen molar-refractivity contribution in [1.82, 2.24) is 0 Å². The van der Waals surface area contributed by atoms with Gasteiger partial charge in [0.15, 0.2) is 6.10 Å². The van der Waals surface area contributed by atoms with Crippen molar-refractivity contribution < 1.29 is 38.0 Å². The average Bonchev–Trinajstić information content (AvgIpc) is 3.15. The van der Waals surface area contributed by atoms with Gasteiger partial charge >= 0.3 is 11.9 Å². The SMILES string of the molecule is C[C@@H]1[C@H](OC(=O)c2ccccc2)[C@@H](Oc2ccc(OC(=O)c3ccccc3)cc2)O[C@H](COCc2ccccc2)[C@H]1OCc1ccccc1. The molecular formula is C41H38O8. The van der Waals surface area contributed by atoms with E-state index in [0.29, 0.717) is 35.8 Å². The van der Waals surface area contributed by atoms with E-state index >= 15 is 0 Å². The number of hydrogen-bond acceptors (Lipinski definition) is 8. The van der Waals surface area contributed by atoms with E-state index in [1.807, 2.05) is 79.7 Å². The lowest BCUT2D eigenvalue weighted by atomic mass is 9.90. The molecule has 1 heterocycles. The standard InChI is InChI=1S/C41H38O8/c1-29-37(45-27-31-16-8-3-9-17-31)36(28-44-26-30-14-6-2-7-15-30)48-41(38(29)49-40(43)33-20-12-5-13-21-33)47-35-24-22-34(23-25-35)46-39(42)32-18-10-4-11-19-32/h2-25,29,36-38,41H,26-28H2,1H3/t29-,36+,37-,38-,41-/m0/s1. The van der Waals surface area contributed by atoms with E-state index in [0.717, 1.165) is 11.1 Å². The highest BCUT2D eigenvalue weighted by atomic mass is 16.7. The van der Waals surface area contributed by atoms with Gasteiger partial charge in [-0.2, -0.15) is 0 Å². The molecule has 1 saturated heterocycles. The maximum atomic E-state index is 13.4. The number of esters is 2. The second-order valence-electron chi connectivity index (χ2n) is 11.7. The molecule has 0 spiro atoms. The number of carbonyl (C=O) groups is 2. The summed E-state index contributed by atoms with van der Waals surface area (Å²) < 4.78 is 37.2. The average molecular weight is 659 g/mol. The lowest BCUT2D eigenvalue weighted by Gasteiger charge is -2.44. The Morgan fingerprint density at radius 2 is 1.10 bits per heavy atom. The van der Waals surface area contributed by atoms with Crippen molar-refractivity contribution in [3.8, 4) is 11.5 Å². The van der Waals surface area contributed by atoms with Crippen LogP contribution in [-0.2, 0) is 32.2 Å². The normalized spacial score (nSPS) is 20.2. The number of hydrogen-bond donors (Lipinski definition) is 0. The lowest BCUT2D eigenvalue weighted by Crippen LogP contribution is -2.58. The van der Waals surface area contributed by atoms with Crippen molar-refractivity contribution in [3.05, 3.63) is 168 Å². The summed E-state index contributed by atoms with van der Waals surface area (Å²) in [6.45, 7) is 2.91. The van der Waals surface area contributed by atoms with Crippen LogP contribution in [0, 0.1) is 5.92 Å². The molecule has 0 radical (unpaired) electrons. The first kappa shape index (κ1) is 33.6. The Balaban J connectivity index is 1.22. The molecule has 250 valence electrons. The van der Waals surface area contributed by atoms with Crippen molar-refractivity contribution in [3.63, 3.8) is 0 Å². The largest absolute Gasteiger partial charge is 0.461 e. The van der Waals surface area contributed by atoms with Gasteiger partial charge in [-0.15, -0.1) is 0 Å². The zero-order chi connectivity index (χ0) is 33.8. The van der Waals surface area contributed by atoms with E-state index in [2.05, 4.69) is 0 Å². The van der Waals surface area contributed by atoms with Crippen LogP contribution in [0.3, 0.4) is 0 Å².